The van der Waals surface area contributed by atoms with Crippen LogP contribution in [-0.4, -0.2) is 33.2 Å². The van der Waals surface area contributed by atoms with Crippen LogP contribution in [0, 0.1) is 0 Å². The van der Waals surface area contributed by atoms with Crippen LogP contribution in [-0.2, 0) is 14.8 Å². The third kappa shape index (κ3) is 2.89. The Hall–Kier alpha value is -1.57. The van der Waals surface area contributed by atoms with Gasteiger partial charge in [-0.3, -0.25) is 0 Å². The van der Waals surface area contributed by atoms with Crippen molar-refractivity contribution in [1.82, 2.24) is 9.71 Å². The molecule has 0 spiro atoms. The standard InChI is InChI=1S/C12H17N3O3S/c1-8(7-18-2)15-19(16,17)12-6-14-11-5-9(13)3-4-10(11)12/h3-6,8,14-15H,7,13H2,1-2H3. The molecule has 0 saturated carbocycles. The average molecular weight is 283 g/mol. The lowest BCUT2D eigenvalue weighted by Gasteiger charge is -2.12. The summed E-state index contributed by atoms with van der Waals surface area (Å²) < 4.78 is 32.0. The summed E-state index contributed by atoms with van der Waals surface area (Å²) in [4.78, 5) is 3.12. The Bertz CT molecular complexity index is 679. The van der Waals surface area contributed by atoms with Crippen LogP contribution in [0.4, 0.5) is 5.69 Å². The fourth-order valence-corrected chi connectivity index (χ4v) is 3.36. The third-order valence-corrected chi connectivity index (χ3v) is 4.36. The van der Waals surface area contributed by atoms with Crippen LogP contribution in [0.5, 0.6) is 0 Å². The Labute approximate surface area is 112 Å². The lowest BCUT2D eigenvalue weighted by Crippen LogP contribution is -2.35. The van der Waals surface area contributed by atoms with E-state index in [0.29, 0.717) is 23.2 Å². The lowest BCUT2D eigenvalue weighted by molar-refractivity contribution is 0.180. The molecule has 0 bridgehead atoms. The highest BCUT2D eigenvalue weighted by atomic mass is 32.2. The lowest BCUT2D eigenvalue weighted by atomic mass is 10.2. The quantitative estimate of drug-likeness (QED) is 0.715. The minimum atomic E-state index is -3.58. The number of sulfonamides is 1. The van der Waals surface area contributed by atoms with E-state index in [-0.39, 0.29) is 10.9 Å². The maximum Gasteiger partial charge on any atom is 0.243 e. The van der Waals surface area contributed by atoms with E-state index >= 15 is 0 Å². The number of nitrogen functional groups attached to an aromatic ring is 1. The average Bonchev–Trinajstić information content (AvgIpc) is 2.71. The molecule has 1 aromatic carbocycles. The van der Waals surface area contributed by atoms with Crippen molar-refractivity contribution >= 4 is 26.6 Å². The van der Waals surface area contributed by atoms with Gasteiger partial charge in [0.1, 0.15) is 4.90 Å². The van der Waals surface area contributed by atoms with Gasteiger partial charge in [0.05, 0.1) is 6.61 Å². The van der Waals surface area contributed by atoms with Gasteiger partial charge >= 0.3 is 0 Å². The number of anilines is 1. The minimum absolute atomic E-state index is 0.213. The van der Waals surface area contributed by atoms with Crippen LogP contribution in [0.3, 0.4) is 0 Å². The maximum atomic E-state index is 12.3. The highest BCUT2D eigenvalue weighted by molar-refractivity contribution is 7.89. The second-order valence-electron chi connectivity index (χ2n) is 4.44. The summed E-state index contributed by atoms with van der Waals surface area (Å²) in [6.07, 6.45) is 1.46. The van der Waals surface area contributed by atoms with Crippen molar-refractivity contribution in [1.29, 1.82) is 0 Å². The highest BCUT2D eigenvalue weighted by Crippen LogP contribution is 2.24. The number of ether oxygens (including phenoxy) is 1. The Morgan fingerprint density at radius 3 is 2.89 bits per heavy atom. The van der Waals surface area contributed by atoms with Crippen molar-refractivity contribution in [2.75, 3.05) is 19.5 Å². The minimum Gasteiger partial charge on any atom is -0.399 e. The van der Waals surface area contributed by atoms with Crippen LogP contribution in [0.15, 0.2) is 29.3 Å². The Morgan fingerprint density at radius 2 is 2.21 bits per heavy atom. The number of nitrogens with two attached hydrogens (primary N) is 1. The second kappa shape index (κ2) is 5.20. The number of rotatable bonds is 5. The Morgan fingerprint density at radius 1 is 1.47 bits per heavy atom. The van der Waals surface area contributed by atoms with E-state index in [4.69, 9.17) is 10.5 Å². The molecule has 1 atom stereocenters. The van der Waals surface area contributed by atoms with Gasteiger partial charge in [-0.25, -0.2) is 13.1 Å². The summed E-state index contributed by atoms with van der Waals surface area (Å²) in [6.45, 7) is 2.06. The molecule has 2 aromatic rings. The van der Waals surface area contributed by atoms with Crippen LogP contribution in [0.2, 0.25) is 0 Å². The molecule has 0 aliphatic heterocycles. The normalized spacial score (nSPS) is 13.8. The zero-order valence-electron chi connectivity index (χ0n) is 10.8. The van der Waals surface area contributed by atoms with E-state index in [1.54, 1.807) is 25.1 Å². The number of nitrogens with one attached hydrogen (secondary N) is 2. The van der Waals surface area contributed by atoms with Gasteiger partial charge in [0.15, 0.2) is 0 Å². The van der Waals surface area contributed by atoms with Crippen molar-refractivity contribution in [2.45, 2.75) is 17.9 Å². The first-order valence-electron chi connectivity index (χ1n) is 5.82. The molecule has 4 N–H and O–H groups in total. The van der Waals surface area contributed by atoms with Crippen molar-refractivity contribution in [3.05, 3.63) is 24.4 Å². The molecule has 0 amide bonds. The largest absolute Gasteiger partial charge is 0.399 e. The van der Waals surface area contributed by atoms with Crippen molar-refractivity contribution in [2.24, 2.45) is 0 Å². The maximum absolute atomic E-state index is 12.3. The van der Waals surface area contributed by atoms with Gasteiger partial charge in [0.25, 0.3) is 0 Å². The topological polar surface area (TPSA) is 97.2 Å². The Balaban J connectivity index is 2.38. The fourth-order valence-electron chi connectivity index (χ4n) is 1.95. The summed E-state index contributed by atoms with van der Waals surface area (Å²) in [6, 6.07) is 4.77. The summed E-state index contributed by atoms with van der Waals surface area (Å²) in [5.74, 6) is 0. The number of H-pyrrole nitrogens is 1. The summed E-state index contributed by atoms with van der Waals surface area (Å²) in [7, 11) is -2.05. The van der Waals surface area contributed by atoms with Gasteiger partial charge < -0.3 is 15.5 Å². The van der Waals surface area contributed by atoms with Crippen LogP contribution in [0.1, 0.15) is 6.92 Å². The van der Waals surface area contributed by atoms with Crippen molar-refractivity contribution in [3.8, 4) is 0 Å². The number of hydrogen-bond donors (Lipinski definition) is 3. The first-order valence-corrected chi connectivity index (χ1v) is 7.30. The molecule has 0 fully saturated rings. The zero-order chi connectivity index (χ0) is 14.0. The SMILES string of the molecule is COCC(C)NS(=O)(=O)c1c[nH]c2cc(N)ccc12. The van der Waals surface area contributed by atoms with Crippen LogP contribution < -0.4 is 10.5 Å². The van der Waals surface area contributed by atoms with Gasteiger partial charge in [-0.2, -0.15) is 0 Å². The van der Waals surface area contributed by atoms with Gasteiger partial charge in [0, 0.05) is 35.9 Å². The number of fused-ring (bicyclic) bond motifs is 1. The first kappa shape index (κ1) is 13.9. The van der Waals surface area contributed by atoms with E-state index in [1.807, 2.05) is 0 Å². The monoisotopic (exact) mass is 283 g/mol. The number of aromatic nitrogens is 1. The predicted octanol–water partition coefficient (Wildman–Crippen LogP) is 1.06. The smallest absolute Gasteiger partial charge is 0.243 e. The zero-order valence-corrected chi connectivity index (χ0v) is 11.6. The molecule has 1 unspecified atom stereocenters. The van der Waals surface area contributed by atoms with E-state index < -0.39 is 10.0 Å². The molecule has 0 aliphatic carbocycles. The van der Waals surface area contributed by atoms with E-state index in [9.17, 15) is 8.42 Å². The van der Waals surface area contributed by atoms with E-state index in [2.05, 4.69) is 9.71 Å². The molecule has 104 valence electrons. The number of methoxy groups -OCH3 is 1. The fraction of sp³-hybridized carbons (Fsp3) is 0.333. The highest BCUT2D eigenvalue weighted by Gasteiger charge is 2.21. The molecular formula is C12H17N3O3S. The predicted molar refractivity (Wildman–Crippen MR) is 74.4 cm³/mol. The van der Waals surface area contributed by atoms with Crippen molar-refractivity contribution < 1.29 is 13.2 Å². The van der Waals surface area contributed by atoms with E-state index in [1.165, 1.54) is 13.3 Å². The molecule has 7 heteroatoms. The number of benzene rings is 1. The van der Waals surface area contributed by atoms with E-state index in [0.717, 1.165) is 0 Å². The summed E-state index contributed by atoms with van der Waals surface area (Å²) >= 11 is 0. The molecule has 19 heavy (non-hydrogen) atoms. The van der Waals surface area contributed by atoms with Gasteiger partial charge in [-0.1, -0.05) is 0 Å². The molecule has 2 rings (SSSR count). The molecule has 6 nitrogen and oxygen atoms in total. The van der Waals surface area contributed by atoms with Crippen LogP contribution in [0.25, 0.3) is 10.9 Å². The van der Waals surface area contributed by atoms with Gasteiger partial charge in [0.2, 0.25) is 10.0 Å². The third-order valence-electron chi connectivity index (χ3n) is 2.73. The Kier molecular flexibility index (Phi) is 3.79. The first-order chi connectivity index (χ1) is 8.94. The number of aromatic amines is 1. The summed E-state index contributed by atoms with van der Waals surface area (Å²) in [5.41, 5.74) is 6.94. The van der Waals surface area contributed by atoms with Crippen molar-refractivity contribution in [3.63, 3.8) is 0 Å². The molecule has 0 aliphatic rings. The molecular weight excluding hydrogens is 266 g/mol. The second-order valence-corrected chi connectivity index (χ2v) is 6.12. The van der Waals surface area contributed by atoms with Crippen LogP contribution >= 0.6 is 0 Å². The molecule has 0 radical (unpaired) electrons. The molecule has 0 saturated heterocycles. The molecule has 1 aromatic heterocycles. The van der Waals surface area contributed by atoms with Gasteiger partial charge in [-0.05, 0) is 25.1 Å². The summed E-state index contributed by atoms with van der Waals surface area (Å²) in [5, 5.41) is 0.617. The van der Waals surface area contributed by atoms with Gasteiger partial charge in [-0.15, -0.1) is 0 Å². The number of hydrogen-bond acceptors (Lipinski definition) is 4. The molecule has 1 heterocycles.